The molecule has 1 heterocycles. The van der Waals surface area contributed by atoms with Gasteiger partial charge in [0.2, 0.25) is 5.91 Å². The maximum atomic E-state index is 12.4. The molecule has 1 unspecified atom stereocenters. The summed E-state index contributed by atoms with van der Waals surface area (Å²) in [5.74, 6) is -0.856. The predicted molar refractivity (Wildman–Crippen MR) is 107 cm³/mol. The van der Waals surface area contributed by atoms with Crippen molar-refractivity contribution in [2.75, 3.05) is 13.1 Å². The number of nitrogens with one attached hydrogen (secondary N) is 1. The van der Waals surface area contributed by atoms with E-state index in [0.717, 1.165) is 16.0 Å². The molecule has 2 aromatic carbocycles. The van der Waals surface area contributed by atoms with Crippen LogP contribution >= 0.6 is 0 Å². The molecular formula is C22H25N3O3. The van der Waals surface area contributed by atoms with Gasteiger partial charge >= 0.3 is 0 Å². The number of nitrogens with zero attached hydrogens (tertiary/aromatic N) is 1. The van der Waals surface area contributed by atoms with Gasteiger partial charge in [-0.2, -0.15) is 0 Å². The lowest BCUT2D eigenvalue weighted by molar-refractivity contribution is -0.121. The number of nitrogens with two attached hydrogens (primary N) is 1. The van der Waals surface area contributed by atoms with Gasteiger partial charge in [-0.15, -0.1) is 0 Å². The van der Waals surface area contributed by atoms with E-state index in [1.54, 1.807) is 18.2 Å². The molecule has 0 aromatic heterocycles. The Balaban J connectivity index is 1.57. The SMILES string of the molecule is Cc1ccc2c(c1)C(=O)N(CC(=O)NCC(N)c1ccc(C(C)C)cc1)C2=O. The van der Waals surface area contributed by atoms with Crippen molar-refractivity contribution >= 4 is 17.7 Å². The topological polar surface area (TPSA) is 92.5 Å². The summed E-state index contributed by atoms with van der Waals surface area (Å²) < 4.78 is 0. The van der Waals surface area contributed by atoms with Crippen molar-refractivity contribution < 1.29 is 14.4 Å². The Kier molecular flexibility index (Phi) is 5.61. The van der Waals surface area contributed by atoms with E-state index in [1.165, 1.54) is 5.56 Å². The summed E-state index contributed by atoms with van der Waals surface area (Å²) >= 11 is 0. The van der Waals surface area contributed by atoms with Gasteiger partial charge in [0.1, 0.15) is 6.54 Å². The first-order valence-electron chi connectivity index (χ1n) is 9.37. The summed E-state index contributed by atoms with van der Waals surface area (Å²) in [6.45, 7) is 6.00. The number of hydrogen-bond acceptors (Lipinski definition) is 4. The Labute approximate surface area is 164 Å². The second kappa shape index (κ2) is 7.94. The van der Waals surface area contributed by atoms with E-state index in [2.05, 4.69) is 19.2 Å². The molecule has 1 aliphatic rings. The van der Waals surface area contributed by atoms with E-state index in [-0.39, 0.29) is 19.1 Å². The van der Waals surface area contributed by atoms with Gasteiger partial charge in [-0.05, 0) is 36.1 Å². The highest BCUT2D eigenvalue weighted by atomic mass is 16.2. The monoisotopic (exact) mass is 379 g/mol. The third-order valence-electron chi connectivity index (χ3n) is 4.98. The molecule has 146 valence electrons. The summed E-state index contributed by atoms with van der Waals surface area (Å²) in [5.41, 5.74) is 9.87. The zero-order valence-electron chi connectivity index (χ0n) is 16.4. The Bertz CT molecular complexity index is 919. The van der Waals surface area contributed by atoms with Crippen LogP contribution in [0.4, 0.5) is 0 Å². The van der Waals surface area contributed by atoms with Crippen LogP contribution in [0.5, 0.6) is 0 Å². The van der Waals surface area contributed by atoms with Gasteiger partial charge in [-0.25, -0.2) is 0 Å². The molecule has 28 heavy (non-hydrogen) atoms. The molecule has 0 saturated heterocycles. The van der Waals surface area contributed by atoms with Crippen molar-refractivity contribution in [2.45, 2.75) is 32.7 Å². The van der Waals surface area contributed by atoms with E-state index < -0.39 is 17.7 Å². The molecule has 0 saturated carbocycles. The fraction of sp³-hybridized carbons (Fsp3) is 0.318. The number of imide groups is 1. The van der Waals surface area contributed by atoms with Crippen LogP contribution in [0.2, 0.25) is 0 Å². The Hall–Kier alpha value is -2.99. The first-order chi connectivity index (χ1) is 13.3. The molecule has 6 nitrogen and oxygen atoms in total. The lowest BCUT2D eigenvalue weighted by atomic mass is 9.99. The molecule has 3 amide bonds. The van der Waals surface area contributed by atoms with E-state index in [4.69, 9.17) is 5.73 Å². The molecule has 0 fully saturated rings. The van der Waals surface area contributed by atoms with Gasteiger partial charge in [-0.1, -0.05) is 49.7 Å². The highest BCUT2D eigenvalue weighted by molar-refractivity contribution is 6.22. The van der Waals surface area contributed by atoms with E-state index in [9.17, 15) is 14.4 Å². The lowest BCUT2D eigenvalue weighted by Gasteiger charge is -2.17. The van der Waals surface area contributed by atoms with Gasteiger partial charge in [0.05, 0.1) is 11.1 Å². The highest BCUT2D eigenvalue weighted by Gasteiger charge is 2.36. The maximum Gasteiger partial charge on any atom is 0.262 e. The van der Waals surface area contributed by atoms with Gasteiger partial charge in [0.15, 0.2) is 0 Å². The van der Waals surface area contributed by atoms with Crippen LogP contribution in [0.25, 0.3) is 0 Å². The zero-order valence-corrected chi connectivity index (χ0v) is 16.4. The number of benzene rings is 2. The molecule has 3 rings (SSSR count). The number of amides is 3. The minimum atomic E-state index is -0.441. The van der Waals surface area contributed by atoms with Crippen molar-refractivity contribution in [2.24, 2.45) is 5.73 Å². The van der Waals surface area contributed by atoms with Crippen LogP contribution in [-0.2, 0) is 4.79 Å². The molecule has 6 heteroatoms. The van der Waals surface area contributed by atoms with Crippen molar-refractivity contribution in [3.05, 3.63) is 70.3 Å². The fourth-order valence-electron chi connectivity index (χ4n) is 3.22. The van der Waals surface area contributed by atoms with E-state index in [0.29, 0.717) is 17.0 Å². The third kappa shape index (κ3) is 3.97. The number of rotatable bonds is 6. The van der Waals surface area contributed by atoms with Crippen molar-refractivity contribution in [1.29, 1.82) is 0 Å². The quantitative estimate of drug-likeness (QED) is 0.755. The summed E-state index contributed by atoms with van der Waals surface area (Å²) in [7, 11) is 0. The summed E-state index contributed by atoms with van der Waals surface area (Å²) in [6, 6.07) is 12.7. The lowest BCUT2D eigenvalue weighted by Crippen LogP contribution is -2.42. The van der Waals surface area contributed by atoms with Crippen LogP contribution in [0, 0.1) is 6.92 Å². The Morgan fingerprint density at radius 3 is 2.25 bits per heavy atom. The first kappa shape index (κ1) is 19.8. The van der Waals surface area contributed by atoms with E-state index >= 15 is 0 Å². The molecule has 0 aliphatic carbocycles. The molecule has 2 aromatic rings. The second-order valence-corrected chi connectivity index (χ2v) is 7.48. The molecular weight excluding hydrogens is 354 g/mol. The third-order valence-corrected chi connectivity index (χ3v) is 4.98. The normalized spacial score (nSPS) is 14.4. The smallest absolute Gasteiger partial charge is 0.262 e. The minimum Gasteiger partial charge on any atom is -0.353 e. The van der Waals surface area contributed by atoms with Crippen LogP contribution in [0.3, 0.4) is 0 Å². The minimum absolute atomic E-state index is 0.224. The van der Waals surface area contributed by atoms with Crippen LogP contribution < -0.4 is 11.1 Å². The maximum absolute atomic E-state index is 12.4. The second-order valence-electron chi connectivity index (χ2n) is 7.48. The number of carbonyl (C=O) groups excluding carboxylic acids is 3. The first-order valence-corrected chi connectivity index (χ1v) is 9.37. The Morgan fingerprint density at radius 2 is 1.61 bits per heavy atom. The van der Waals surface area contributed by atoms with Crippen LogP contribution in [-0.4, -0.2) is 35.7 Å². The molecule has 0 radical (unpaired) electrons. The number of carbonyl (C=O) groups is 3. The zero-order chi connectivity index (χ0) is 20.4. The average Bonchev–Trinajstić information content (AvgIpc) is 2.90. The largest absolute Gasteiger partial charge is 0.353 e. The molecule has 1 aliphatic heterocycles. The van der Waals surface area contributed by atoms with Crippen molar-refractivity contribution in [3.8, 4) is 0 Å². The number of fused-ring (bicyclic) bond motifs is 1. The summed E-state index contributed by atoms with van der Waals surface area (Å²) in [4.78, 5) is 38.1. The van der Waals surface area contributed by atoms with Crippen molar-refractivity contribution in [1.82, 2.24) is 10.2 Å². The highest BCUT2D eigenvalue weighted by Crippen LogP contribution is 2.23. The average molecular weight is 379 g/mol. The number of aryl methyl sites for hydroxylation is 1. The summed E-state index contributed by atoms with van der Waals surface area (Å²) in [5, 5.41) is 2.71. The summed E-state index contributed by atoms with van der Waals surface area (Å²) in [6.07, 6.45) is 0. The van der Waals surface area contributed by atoms with Crippen LogP contribution in [0.15, 0.2) is 42.5 Å². The van der Waals surface area contributed by atoms with Gasteiger partial charge in [-0.3, -0.25) is 19.3 Å². The molecule has 3 N–H and O–H groups in total. The molecule has 0 bridgehead atoms. The van der Waals surface area contributed by atoms with E-state index in [1.807, 2.05) is 31.2 Å². The number of hydrogen-bond donors (Lipinski definition) is 2. The predicted octanol–water partition coefficient (Wildman–Crippen LogP) is 2.53. The molecule has 1 atom stereocenters. The fourth-order valence-corrected chi connectivity index (χ4v) is 3.22. The van der Waals surface area contributed by atoms with Gasteiger partial charge in [0.25, 0.3) is 11.8 Å². The Morgan fingerprint density at radius 1 is 1.00 bits per heavy atom. The molecule has 0 spiro atoms. The van der Waals surface area contributed by atoms with Crippen LogP contribution in [0.1, 0.15) is 63.2 Å². The van der Waals surface area contributed by atoms with Crippen molar-refractivity contribution in [3.63, 3.8) is 0 Å². The standard InChI is InChI=1S/C22H25N3O3/c1-13(2)15-5-7-16(8-6-15)19(23)11-24-20(26)12-25-21(27)17-9-4-14(3)10-18(17)22(25)28/h4-10,13,19H,11-12,23H2,1-3H3,(H,24,26). The van der Waals surface area contributed by atoms with Gasteiger partial charge in [0, 0.05) is 12.6 Å². The van der Waals surface area contributed by atoms with Gasteiger partial charge < -0.3 is 11.1 Å².